The van der Waals surface area contributed by atoms with Crippen LogP contribution in [0.4, 0.5) is 17.1 Å². The Hall–Kier alpha value is -7.56. The van der Waals surface area contributed by atoms with Gasteiger partial charge in [-0.3, -0.25) is 0 Å². The molecule has 0 spiro atoms. The van der Waals surface area contributed by atoms with Crippen LogP contribution in [0.1, 0.15) is 0 Å². The molecule has 0 saturated heterocycles. The third-order valence-corrected chi connectivity index (χ3v) is 11.3. The second-order valence-corrected chi connectivity index (χ2v) is 14.5. The number of nitrogens with zero attached hydrogens (tertiary/aromatic N) is 2. The Balaban J connectivity index is 1.13. The van der Waals surface area contributed by atoms with Crippen molar-refractivity contribution in [2.75, 3.05) is 4.90 Å². The molecule has 0 radical (unpaired) electrons. The molecule has 56 heavy (non-hydrogen) atoms. The molecular formula is C52H32N2O2. The van der Waals surface area contributed by atoms with Crippen molar-refractivity contribution in [3.63, 3.8) is 0 Å². The van der Waals surface area contributed by atoms with Crippen molar-refractivity contribution in [2.45, 2.75) is 0 Å². The maximum atomic E-state index is 6.57. The Bertz CT molecular complexity index is 3460. The van der Waals surface area contributed by atoms with E-state index in [4.69, 9.17) is 8.83 Å². The number of para-hydroxylation sites is 4. The molecule has 0 amide bonds. The summed E-state index contributed by atoms with van der Waals surface area (Å²) in [5, 5.41) is 9.22. The zero-order chi connectivity index (χ0) is 36.7. The van der Waals surface area contributed by atoms with Crippen LogP contribution in [-0.4, -0.2) is 4.57 Å². The molecule has 262 valence electrons. The molecule has 4 nitrogen and oxygen atoms in total. The van der Waals surface area contributed by atoms with Crippen LogP contribution in [-0.2, 0) is 0 Å². The van der Waals surface area contributed by atoms with Gasteiger partial charge in [0.15, 0.2) is 0 Å². The molecular weight excluding hydrogens is 685 g/mol. The van der Waals surface area contributed by atoms with E-state index in [-0.39, 0.29) is 0 Å². The summed E-state index contributed by atoms with van der Waals surface area (Å²) in [5.74, 6) is 0. The molecule has 12 aromatic rings. The van der Waals surface area contributed by atoms with E-state index in [2.05, 4.69) is 191 Å². The van der Waals surface area contributed by atoms with Crippen molar-refractivity contribution in [3.05, 3.63) is 194 Å². The summed E-state index contributed by atoms with van der Waals surface area (Å²) in [6.07, 6.45) is 0. The van der Waals surface area contributed by atoms with Gasteiger partial charge in [0.25, 0.3) is 0 Å². The van der Waals surface area contributed by atoms with E-state index in [0.717, 1.165) is 83.1 Å². The molecule has 0 aliphatic rings. The minimum Gasteiger partial charge on any atom is -0.456 e. The van der Waals surface area contributed by atoms with E-state index < -0.39 is 0 Å². The molecule has 0 bridgehead atoms. The molecule has 9 aromatic carbocycles. The summed E-state index contributed by atoms with van der Waals surface area (Å²) >= 11 is 0. The Kier molecular flexibility index (Phi) is 6.60. The van der Waals surface area contributed by atoms with Gasteiger partial charge in [0.2, 0.25) is 0 Å². The minimum atomic E-state index is 0.865. The van der Waals surface area contributed by atoms with Crippen molar-refractivity contribution >= 4 is 93.5 Å². The topological polar surface area (TPSA) is 34.5 Å². The van der Waals surface area contributed by atoms with E-state index in [9.17, 15) is 0 Å². The fraction of sp³-hybridized carbons (Fsp3) is 0. The highest BCUT2D eigenvalue weighted by atomic mass is 16.3. The molecule has 12 rings (SSSR count). The number of aromatic nitrogens is 1. The summed E-state index contributed by atoms with van der Waals surface area (Å²) < 4.78 is 15.3. The number of anilines is 3. The Morgan fingerprint density at radius 3 is 1.80 bits per heavy atom. The van der Waals surface area contributed by atoms with Gasteiger partial charge in [-0.25, -0.2) is 0 Å². The fourth-order valence-electron chi connectivity index (χ4n) is 8.88. The number of benzene rings is 9. The number of hydrogen-bond donors (Lipinski definition) is 0. The molecule has 0 unspecified atom stereocenters. The van der Waals surface area contributed by atoms with Gasteiger partial charge >= 0.3 is 0 Å². The normalized spacial score (nSPS) is 11.9. The van der Waals surface area contributed by atoms with Crippen molar-refractivity contribution in [3.8, 4) is 16.8 Å². The number of hydrogen-bond acceptors (Lipinski definition) is 3. The van der Waals surface area contributed by atoms with Crippen molar-refractivity contribution < 1.29 is 8.83 Å². The molecule has 4 heteroatoms. The first-order chi connectivity index (χ1) is 27.8. The Morgan fingerprint density at radius 2 is 0.964 bits per heavy atom. The number of furan rings is 2. The zero-order valence-corrected chi connectivity index (χ0v) is 30.2. The Morgan fingerprint density at radius 1 is 0.357 bits per heavy atom. The molecule has 0 aliphatic heterocycles. The maximum Gasteiger partial charge on any atom is 0.136 e. The lowest BCUT2D eigenvalue weighted by Gasteiger charge is -2.28. The van der Waals surface area contributed by atoms with Gasteiger partial charge in [0, 0.05) is 54.9 Å². The van der Waals surface area contributed by atoms with Crippen LogP contribution in [0, 0.1) is 0 Å². The third kappa shape index (κ3) is 4.60. The second-order valence-electron chi connectivity index (χ2n) is 14.5. The highest BCUT2D eigenvalue weighted by molar-refractivity contribution is 6.17. The number of rotatable bonds is 5. The first kappa shape index (κ1) is 30.9. The highest BCUT2D eigenvalue weighted by Gasteiger charge is 2.22. The van der Waals surface area contributed by atoms with Gasteiger partial charge < -0.3 is 18.3 Å². The van der Waals surface area contributed by atoms with Crippen LogP contribution in [0.15, 0.2) is 203 Å². The molecule has 0 N–H and O–H groups in total. The van der Waals surface area contributed by atoms with Gasteiger partial charge in [0.05, 0.1) is 16.7 Å². The highest BCUT2D eigenvalue weighted by Crippen LogP contribution is 2.47. The second kappa shape index (κ2) is 12.0. The largest absolute Gasteiger partial charge is 0.456 e. The van der Waals surface area contributed by atoms with Crippen LogP contribution in [0.2, 0.25) is 0 Å². The number of fused-ring (bicyclic) bond motifs is 10. The lowest BCUT2D eigenvalue weighted by atomic mass is 9.96. The van der Waals surface area contributed by atoms with Crippen LogP contribution < -0.4 is 4.90 Å². The smallest absolute Gasteiger partial charge is 0.136 e. The van der Waals surface area contributed by atoms with Crippen LogP contribution >= 0.6 is 0 Å². The zero-order valence-electron chi connectivity index (χ0n) is 30.2. The van der Waals surface area contributed by atoms with Crippen LogP contribution in [0.25, 0.3) is 93.3 Å². The summed E-state index contributed by atoms with van der Waals surface area (Å²) in [5.41, 5.74) is 12.3. The summed E-state index contributed by atoms with van der Waals surface area (Å²) in [4.78, 5) is 2.39. The molecule has 0 atom stereocenters. The van der Waals surface area contributed by atoms with Gasteiger partial charge in [-0.15, -0.1) is 0 Å². The SMILES string of the molecule is c1cc(N(c2ccc3oc4ccccc4c3c2)c2ccccc2-c2cccc3oc4cc5ccccc5cc4c23)cc(-n2c3ccccc3c3ccccc32)c1. The first-order valence-electron chi connectivity index (χ1n) is 19.0. The van der Waals surface area contributed by atoms with E-state index in [1.54, 1.807) is 0 Å². The monoisotopic (exact) mass is 716 g/mol. The molecule has 3 aromatic heterocycles. The lowest BCUT2D eigenvalue weighted by Crippen LogP contribution is -2.12. The summed E-state index contributed by atoms with van der Waals surface area (Å²) in [7, 11) is 0. The van der Waals surface area contributed by atoms with Gasteiger partial charge in [-0.05, 0) is 95.2 Å². The maximum absolute atomic E-state index is 6.57. The first-order valence-corrected chi connectivity index (χ1v) is 19.0. The standard InChI is InChI=1S/C52H32N2O2/c1-2-14-34-30-51-44(29-33(34)13-1)52-42(21-12-26-50(52)56-51)40-19-5-7-22-45(40)53(37-27-28-49-43(32-37)41-20-6-10-25-48(41)55-49)35-15-11-16-36(31-35)54-46-23-8-3-17-38(46)39-18-4-9-24-47(39)54/h1-32H. The van der Waals surface area contributed by atoms with Crippen molar-refractivity contribution in [1.29, 1.82) is 0 Å². The summed E-state index contributed by atoms with van der Waals surface area (Å²) in [6, 6.07) is 69.2. The van der Waals surface area contributed by atoms with Gasteiger partial charge in [0.1, 0.15) is 22.3 Å². The fourth-order valence-corrected chi connectivity index (χ4v) is 8.88. The minimum absolute atomic E-state index is 0.865. The average molecular weight is 717 g/mol. The lowest BCUT2D eigenvalue weighted by molar-refractivity contribution is 0.668. The van der Waals surface area contributed by atoms with E-state index in [1.807, 2.05) is 12.1 Å². The van der Waals surface area contributed by atoms with Gasteiger partial charge in [-0.2, -0.15) is 0 Å². The van der Waals surface area contributed by atoms with Crippen molar-refractivity contribution in [2.24, 2.45) is 0 Å². The average Bonchev–Trinajstić information content (AvgIpc) is 3.92. The molecule has 0 aliphatic carbocycles. The molecule has 0 fully saturated rings. The molecule has 3 heterocycles. The van der Waals surface area contributed by atoms with Crippen LogP contribution in [0.5, 0.6) is 0 Å². The predicted octanol–water partition coefficient (Wildman–Crippen LogP) is 14.9. The van der Waals surface area contributed by atoms with Crippen LogP contribution in [0.3, 0.4) is 0 Å². The van der Waals surface area contributed by atoms with E-state index >= 15 is 0 Å². The quantitative estimate of drug-likeness (QED) is 0.178. The predicted molar refractivity (Wildman–Crippen MR) is 233 cm³/mol. The Labute approximate surface area is 321 Å². The van der Waals surface area contributed by atoms with E-state index in [1.165, 1.54) is 27.2 Å². The summed E-state index contributed by atoms with van der Waals surface area (Å²) in [6.45, 7) is 0. The molecule has 0 saturated carbocycles. The van der Waals surface area contributed by atoms with Gasteiger partial charge in [-0.1, -0.05) is 115 Å². The third-order valence-electron chi connectivity index (χ3n) is 11.3. The van der Waals surface area contributed by atoms with E-state index in [0.29, 0.717) is 0 Å². The van der Waals surface area contributed by atoms with Crippen molar-refractivity contribution in [1.82, 2.24) is 4.57 Å².